The molecular weight excluding hydrogens is 352 g/mol. The monoisotopic (exact) mass is 384 g/mol. The summed E-state index contributed by atoms with van der Waals surface area (Å²) < 4.78 is 0. The minimum atomic E-state index is -0.426. The first kappa shape index (κ1) is 18.4. The van der Waals surface area contributed by atoms with Crippen molar-refractivity contribution >= 4 is 11.6 Å². The number of rotatable bonds is 3. The van der Waals surface area contributed by atoms with Crippen LogP contribution in [0.2, 0.25) is 0 Å². The van der Waals surface area contributed by atoms with E-state index in [0.717, 1.165) is 55.5 Å². The highest BCUT2D eigenvalue weighted by atomic mass is 16.3. The quantitative estimate of drug-likeness (QED) is 0.699. The van der Waals surface area contributed by atoms with Gasteiger partial charge in [-0.15, -0.1) is 0 Å². The number of benzene rings is 1. The van der Waals surface area contributed by atoms with Crippen molar-refractivity contribution in [3.8, 4) is 5.75 Å². The van der Waals surface area contributed by atoms with Crippen molar-refractivity contribution in [1.29, 1.82) is 0 Å². The molecule has 3 N–H and O–H groups in total. The fourth-order valence-electron chi connectivity index (χ4n) is 7.27. The highest BCUT2D eigenvalue weighted by molar-refractivity contribution is 5.96. The summed E-state index contributed by atoms with van der Waals surface area (Å²) in [5.74, 6) is 2.10. The summed E-state index contributed by atoms with van der Waals surface area (Å²) in [6, 6.07) is 3.78. The molecule has 4 saturated carbocycles. The Balaban J connectivity index is 1.36. The number of carbonyl (C=O) groups excluding carboxylic acids is 1. The Morgan fingerprint density at radius 1 is 1.14 bits per heavy atom. The van der Waals surface area contributed by atoms with E-state index >= 15 is 0 Å². The molecule has 6 rings (SSSR count). The average molecular weight is 385 g/mol. The zero-order valence-electron chi connectivity index (χ0n) is 16.9. The van der Waals surface area contributed by atoms with Crippen LogP contribution in [-0.4, -0.2) is 45.2 Å². The molecule has 5 fully saturated rings. The second-order valence-corrected chi connectivity index (χ2v) is 10.0. The highest BCUT2D eigenvalue weighted by Gasteiger charge is 2.57. The van der Waals surface area contributed by atoms with Crippen LogP contribution < -0.4 is 5.32 Å². The largest absolute Gasteiger partial charge is 0.508 e. The molecule has 1 saturated heterocycles. The number of hydrogen-bond donors (Lipinski definition) is 3. The standard InChI is InChI=1S/C23H32N2O3/c1-13-6-18(26)7-14(2)20(13)24-22(27)19-4-3-5-25(19)21-16-8-15-9-17(21)12-23(28,10-15)11-16/h6-7,15-17,19,21,26,28H,3-5,8-12H2,1-2H3,(H,24,27). The van der Waals surface area contributed by atoms with Gasteiger partial charge in [0, 0.05) is 11.7 Å². The van der Waals surface area contributed by atoms with Crippen molar-refractivity contribution in [2.45, 2.75) is 76.5 Å². The normalized spacial score (nSPS) is 39.5. The molecule has 1 amide bonds. The third-order valence-corrected chi connectivity index (χ3v) is 7.94. The topological polar surface area (TPSA) is 72.8 Å². The minimum absolute atomic E-state index is 0.0789. The molecule has 1 aromatic rings. The summed E-state index contributed by atoms with van der Waals surface area (Å²) >= 11 is 0. The number of phenols is 1. The maximum absolute atomic E-state index is 13.2. The lowest BCUT2D eigenvalue weighted by Crippen LogP contribution is -2.63. The van der Waals surface area contributed by atoms with Crippen molar-refractivity contribution in [2.75, 3.05) is 11.9 Å². The van der Waals surface area contributed by atoms with Crippen LogP contribution in [0.3, 0.4) is 0 Å². The summed E-state index contributed by atoms with van der Waals surface area (Å²) in [7, 11) is 0. The highest BCUT2D eigenvalue weighted by Crippen LogP contribution is 2.57. The first-order chi connectivity index (χ1) is 13.3. The van der Waals surface area contributed by atoms with Crippen molar-refractivity contribution in [3.05, 3.63) is 23.3 Å². The molecule has 1 aliphatic heterocycles. The van der Waals surface area contributed by atoms with Crippen molar-refractivity contribution in [2.24, 2.45) is 17.8 Å². The molecule has 1 aromatic carbocycles. The maximum atomic E-state index is 13.2. The van der Waals surface area contributed by atoms with Gasteiger partial charge in [0.05, 0.1) is 11.6 Å². The van der Waals surface area contributed by atoms with Gasteiger partial charge in [-0.3, -0.25) is 9.69 Å². The second kappa shape index (κ2) is 6.46. The Morgan fingerprint density at radius 3 is 2.39 bits per heavy atom. The predicted octanol–water partition coefficient (Wildman–Crippen LogP) is 3.35. The Labute approximate surface area is 167 Å². The molecule has 5 aliphatic rings. The summed E-state index contributed by atoms with van der Waals surface area (Å²) in [5, 5.41) is 23.8. The second-order valence-electron chi connectivity index (χ2n) is 10.0. The molecule has 0 aromatic heterocycles. The number of amides is 1. The molecule has 5 nitrogen and oxygen atoms in total. The molecule has 0 spiro atoms. The van der Waals surface area contributed by atoms with Crippen molar-refractivity contribution < 1.29 is 15.0 Å². The van der Waals surface area contributed by atoms with E-state index in [2.05, 4.69) is 10.2 Å². The van der Waals surface area contributed by atoms with Crippen LogP contribution >= 0.6 is 0 Å². The Kier molecular flexibility index (Phi) is 4.25. The van der Waals surface area contributed by atoms with Gasteiger partial charge in [0.2, 0.25) is 5.91 Å². The molecule has 3 atom stereocenters. The fraction of sp³-hybridized carbons (Fsp3) is 0.696. The first-order valence-corrected chi connectivity index (χ1v) is 10.9. The van der Waals surface area contributed by atoms with Gasteiger partial charge >= 0.3 is 0 Å². The maximum Gasteiger partial charge on any atom is 0.241 e. The molecule has 0 radical (unpaired) electrons. The van der Waals surface area contributed by atoms with Gasteiger partial charge in [-0.25, -0.2) is 0 Å². The molecule has 4 bridgehead atoms. The Morgan fingerprint density at radius 2 is 1.79 bits per heavy atom. The van der Waals surface area contributed by atoms with Crippen LogP contribution in [0.1, 0.15) is 56.1 Å². The van der Waals surface area contributed by atoms with Gasteiger partial charge in [0.25, 0.3) is 0 Å². The number of aromatic hydroxyl groups is 1. The van der Waals surface area contributed by atoms with Gasteiger partial charge in [-0.05, 0) is 106 Å². The molecule has 3 unspecified atom stereocenters. The lowest BCUT2D eigenvalue weighted by molar-refractivity contribution is -0.163. The molecule has 1 heterocycles. The van der Waals surface area contributed by atoms with Gasteiger partial charge in [0.15, 0.2) is 0 Å². The number of nitrogens with one attached hydrogen (secondary N) is 1. The van der Waals surface area contributed by atoms with Crippen LogP contribution in [0, 0.1) is 31.6 Å². The van der Waals surface area contributed by atoms with Crippen molar-refractivity contribution in [3.63, 3.8) is 0 Å². The van der Waals surface area contributed by atoms with Gasteiger partial charge < -0.3 is 15.5 Å². The van der Waals surface area contributed by atoms with E-state index < -0.39 is 5.60 Å². The van der Waals surface area contributed by atoms with E-state index in [0.29, 0.717) is 23.8 Å². The fourth-order valence-corrected chi connectivity index (χ4v) is 7.27. The molecule has 4 aliphatic carbocycles. The third-order valence-electron chi connectivity index (χ3n) is 7.94. The predicted molar refractivity (Wildman–Crippen MR) is 108 cm³/mol. The molecule has 152 valence electrons. The third kappa shape index (κ3) is 2.94. The summed E-state index contributed by atoms with van der Waals surface area (Å²) in [4.78, 5) is 15.7. The molecule has 28 heavy (non-hydrogen) atoms. The number of aliphatic hydroxyl groups is 1. The number of nitrogens with zero attached hydrogens (tertiary/aromatic N) is 1. The van der Waals surface area contributed by atoms with E-state index in [1.807, 2.05) is 13.8 Å². The minimum Gasteiger partial charge on any atom is -0.508 e. The number of carbonyl (C=O) groups is 1. The van der Waals surface area contributed by atoms with E-state index in [4.69, 9.17) is 0 Å². The van der Waals surface area contributed by atoms with E-state index in [1.54, 1.807) is 12.1 Å². The summed E-state index contributed by atoms with van der Waals surface area (Å²) in [6.07, 6.45) is 7.27. The van der Waals surface area contributed by atoms with Crippen molar-refractivity contribution in [1.82, 2.24) is 4.90 Å². The first-order valence-electron chi connectivity index (χ1n) is 10.9. The number of likely N-dealkylation sites (tertiary alicyclic amines) is 1. The smallest absolute Gasteiger partial charge is 0.241 e. The zero-order valence-corrected chi connectivity index (χ0v) is 16.9. The molecular formula is C23H32N2O3. The SMILES string of the molecule is Cc1cc(O)cc(C)c1NC(=O)C1CCCN1C1C2CC3CC1CC(O)(C3)C2. The summed E-state index contributed by atoms with van der Waals surface area (Å²) in [6.45, 7) is 4.84. The lowest BCUT2D eigenvalue weighted by Gasteiger charge is -2.60. The van der Waals surface area contributed by atoms with Crippen LogP contribution in [0.25, 0.3) is 0 Å². The number of hydrogen-bond acceptors (Lipinski definition) is 4. The Bertz CT molecular complexity index is 768. The van der Waals surface area contributed by atoms with Gasteiger partial charge in [-0.2, -0.15) is 0 Å². The van der Waals surface area contributed by atoms with Crippen LogP contribution in [0.5, 0.6) is 5.75 Å². The van der Waals surface area contributed by atoms with E-state index in [9.17, 15) is 15.0 Å². The Hall–Kier alpha value is -1.59. The number of anilines is 1. The van der Waals surface area contributed by atoms with Gasteiger partial charge in [-0.1, -0.05) is 0 Å². The van der Waals surface area contributed by atoms with Gasteiger partial charge in [0.1, 0.15) is 5.75 Å². The zero-order chi connectivity index (χ0) is 19.6. The average Bonchev–Trinajstić information content (AvgIpc) is 3.05. The van der Waals surface area contributed by atoms with E-state index in [1.165, 1.54) is 12.8 Å². The van der Waals surface area contributed by atoms with Crippen LogP contribution in [0.4, 0.5) is 5.69 Å². The summed E-state index contributed by atoms with van der Waals surface area (Å²) in [5.41, 5.74) is 2.19. The molecule has 5 heteroatoms. The van der Waals surface area contributed by atoms with Crippen LogP contribution in [0.15, 0.2) is 12.1 Å². The van der Waals surface area contributed by atoms with Crippen LogP contribution in [-0.2, 0) is 4.79 Å². The van der Waals surface area contributed by atoms with E-state index in [-0.39, 0.29) is 17.7 Å². The number of aryl methyl sites for hydroxylation is 2. The lowest BCUT2D eigenvalue weighted by atomic mass is 9.52. The number of phenolic OH excluding ortho intramolecular Hbond substituents is 1.